The Labute approximate surface area is 129 Å². The Balaban J connectivity index is 1.58. The summed E-state index contributed by atoms with van der Waals surface area (Å²) in [5.74, 6) is -1.58. The van der Waals surface area contributed by atoms with Gasteiger partial charge in [0.2, 0.25) is 5.91 Å². The first-order valence-corrected chi connectivity index (χ1v) is 7.92. The Kier molecular flexibility index (Phi) is 3.06. The van der Waals surface area contributed by atoms with Crippen LogP contribution in [0.3, 0.4) is 0 Å². The molecule has 0 radical (unpaired) electrons. The van der Waals surface area contributed by atoms with Crippen LogP contribution in [0.4, 0.5) is 0 Å². The lowest BCUT2D eigenvalue weighted by molar-refractivity contribution is -0.151. The number of hydrogen-bond acceptors (Lipinski definition) is 2. The highest BCUT2D eigenvalue weighted by Gasteiger charge is 2.52. The van der Waals surface area contributed by atoms with Gasteiger partial charge in [-0.15, -0.1) is 0 Å². The quantitative estimate of drug-likeness (QED) is 0.850. The van der Waals surface area contributed by atoms with Crippen molar-refractivity contribution in [2.45, 2.75) is 19.4 Å². The number of carbonyl (C=O) groups excluding carboxylic acids is 1. The lowest BCUT2D eigenvalue weighted by Gasteiger charge is -2.34. The molecule has 1 saturated carbocycles. The zero-order chi connectivity index (χ0) is 15.3. The van der Waals surface area contributed by atoms with Gasteiger partial charge >= 0.3 is 5.97 Å². The summed E-state index contributed by atoms with van der Waals surface area (Å²) in [7, 11) is 0. The van der Waals surface area contributed by atoms with E-state index in [0.29, 0.717) is 13.1 Å². The topological polar surface area (TPSA) is 57.6 Å². The number of carboxylic acids is 1. The Morgan fingerprint density at radius 1 is 1.05 bits per heavy atom. The number of amides is 1. The van der Waals surface area contributed by atoms with Crippen LogP contribution in [0.15, 0.2) is 36.4 Å². The van der Waals surface area contributed by atoms with Crippen LogP contribution in [0.5, 0.6) is 0 Å². The molecule has 4 nitrogen and oxygen atoms in total. The highest BCUT2D eigenvalue weighted by Crippen LogP contribution is 2.49. The van der Waals surface area contributed by atoms with Crippen molar-refractivity contribution in [3.05, 3.63) is 47.5 Å². The molecule has 114 valence electrons. The third-order valence-electron chi connectivity index (χ3n) is 5.47. The van der Waals surface area contributed by atoms with Crippen molar-refractivity contribution in [3.63, 3.8) is 0 Å². The predicted molar refractivity (Wildman–Crippen MR) is 80.9 cm³/mol. The molecule has 1 aromatic rings. The fourth-order valence-electron chi connectivity index (χ4n) is 4.39. The fraction of sp³-hybridized carbons (Fsp3) is 0.444. The Morgan fingerprint density at radius 2 is 1.73 bits per heavy atom. The maximum Gasteiger partial charge on any atom is 0.307 e. The van der Waals surface area contributed by atoms with Crippen LogP contribution in [0.2, 0.25) is 0 Å². The molecule has 0 spiro atoms. The second-order valence-corrected chi connectivity index (χ2v) is 6.62. The van der Waals surface area contributed by atoms with Gasteiger partial charge in [0.25, 0.3) is 0 Å². The van der Waals surface area contributed by atoms with Gasteiger partial charge in [-0.3, -0.25) is 9.59 Å². The molecular formula is C18H19NO3. The van der Waals surface area contributed by atoms with Crippen molar-refractivity contribution >= 4 is 11.9 Å². The van der Waals surface area contributed by atoms with Crippen molar-refractivity contribution in [1.82, 2.24) is 4.90 Å². The van der Waals surface area contributed by atoms with Gasteiger partial charge in [0.05, 0.1) is 11.8 Å². The maximum atomic E-state index is 12.9. The monoisotopic (exact) mass is 297 g/mol. The van der Waals surface area contributed by atoms with Gasteiger partial charge in [0, 0.05) is 13.1 Å². The molecule has 1 N–H and O–H groups in total. The van der Waals surface area contributed by atoms with Gasteiger partial charge in [-0.25, -0.2) is 0 Å². The highest BCUT2D eigenvalue weighted by molar-refractivity contribution is 5.87. The van der Waals surface area contributed by atoms with E-state index in [9.17, 15) is 14.7 Å². The van der Waals surface area contributed by atoms with Gasteiger partial charge < -0.3 is 10.0 Å². The zero-order valence-electron chi connectivity index (χ0n) is 12.3. The Bertz CT molecular complexity index is 666. The van der Waals surface area contributed by atoms with Gasteiger partial charge in [0.1, 0.15) is 0 Å². The molecule has 0 saturated heterocycles. The molecule has 0 unspecified atom stereocenters. The molecule has 3 aliphatic rings. The second-order valence-electron chi connectivity index (χ2n) is 6.62. The van der Waals surface area contributed by atoms with E-state index in [1.165, 1.54) is 11.1 Å². The van der Waals surface area contributed by atoms with Crippen molar-refractivity contribution in [2.24, 2.45) is 23.7 Å². The third-order valence-corrected chi connectivity index (χ3v) is 5.47. The van der Waals surface area contributed by atoms with Crippen molar-refractivity contribution in [3.8, 4) is 0 Å². The summed E-state index contributed by atoms with van der Waals surface area (Å²) in [6, 6.07) is 8.19. The summed E-state index contributed by atoms with van der Waals surface area (Å²) in [5, 5.41) is 9.51. The molecule has 2 aliphatic carbocycles. The number of nitrogens with zero attached hydrogens (tertiary/aromatic N) is 1. The standard InChI is InChI=1S/C18H19NO3/c20-17(15-12-5-6-13(9-12)16(15)18(21)22)19-8-7-11-3-1-2-4-14(11)10-19/h1-6,12-13,15-16H,7-10H2,(H,21,22)/t12-,13+,15-,16+/m0/s1. The van der Waals surface area contributed by atoms with E-state index in [1.54, 1.807) is 0 Å². The van der Waals surface area contributed by atoms with E-state index < -0.39 is 11.9 Å². The number of allylic oxidation sites excluding steroid dienone is 2. The summed E-state index contributed by atoms with van der Waals surface area (Å²) < 4.78 is 0. The molecule has 4 atom stereocenters. The van der Waals surface area contributed by atoms with Crippen LogP contribution in [0.1, 0.15) is 17.5 Å². The first-order chi connectivity index (χ1) is 10.6. The molecule has 1 aromatic carbocycles. The van der Waals surface area contributed by atoms with Crippen LogP contribution in [0, 0.1) is 23.7 Å². The number of fused-ring (bicyclic) bond motifs is 3. The predicted octanol–water partition coefficient (Wildman–Crippen LogP) is 2.09. The summed E-state index contributed by atoms with van der Waals surface area (Å²) in [4.78, 5) is 26.4. The third kappa shape index (κ3) is 1.97. The number of carboxylic acid groups (broad SMARTS) is 1. The first-order valence-electron chi connectivity index (χ1n) is 7.92. The van der Waals surface area contributed by atoms with E-state index >= 15 is 0 Å². The van der Waals surface area contributed by atoms with Crippen LogP contribution >= 0.6 is 0 Å². The number of benzene rings is 1. The number of hydrogen-bond donors (Lipinski definition) is 1. The average molecular weight is 297 g/mol. The SMILES string of the molecule is O=C(O)[C@H]1[C@@H](C(=O)N2CCc3ccccc3C2)[C@H]2C=C[C@@H]1C2. The van der Waals surface area contributed by atoms with Gasteiger partial charge in [-0.1, -0.05) is 36.4 Å². The average Bonchev–Trinajstić information content (AvgIpc) is 3.14. The Hall–Kier alpha value is -2.10. The van der Waals surface area contributed by atoms with Crippen LogP contribution in [-0.2, 0) is 22.6 Å². The Morgan fingerprint density at radius 3 is 2.45 bits per heavy atom. The van der Waals surface area contributed by atoms with Gasteiger partial charge in [0.15, 0.2) is 0 Å². The van der Waals surface area contributed by atoms with Crippen LogP contribution in [0.25, 0.3) is 0 Å². The normalized spacial score (nSPS) is 32.1. The molecule has 4 rings (SSSR count). The minimum absolute atomic E-state index is 0.0266. The largest absolute Gasteiger partial charge is 0.481 e. The molecule has 22 heavy (non-hydrogen) atoms. The molecule has 0 aromatic heterocycles. The lowest BCUT2D eigenvalue weighted by Crippen LogP contribution is -2.44. The van der Waals surface area contributed by atoms with Gasteiger partial charge in [-0.05, 0) is 35.8 Å². The molecule has 1 amide bonds. The van der Waals surface area contributed by atoms with Crippen molar-refractivity contribution in [2.75, 3.05) is 6.54 Å². The molecule has 1 heterocycles. The lowest BCUT2D eigenvalue weighted by atomic mass is 9.81. The number of carbonyl (C=O) groups is 2. The number of rotatable bonds is 2. The first kappa shape index (κ1) is 13.6. The van der Waals surface area contributed by atoms with E-state index in [4.69, 9.17) is 0 Å². The molecule has 4 heteroatoms. The van der Waals surface area contributed by atoms with Crippen LogP contribution < -0.4 is 0 Å². The molecule has 1 fully saturated rings. The maximum absolute atomic E-state index is 12.9. The number of aliphatic carboxylic acids is 1. The molecule has 2 bridgehead atoms. The van der Waals surface area contributed by atoms with Gasteiger partial charge in [-0.2, -0.15) is 0 Å². The zero-order valence-corrected chi connectivity index (χ0v) is 12.3. The van der Waals surface area contributed by atoms with E-state index in [1.807, 2.05) is 29.2 Å². The minimum atomic E-state index is -0.826. The van der Waals surface area contributed by atoms with E-state index in [-0.39, 0.29) is 23.7 Å². The smallest absolute Gasteiger partial charge is 0.307 e. The minimum Gasteiger partial charge on any atom is -0.481 e. The molecule has 1 aliphatic heterocycles. The highest BCUT2D eigenvalue weighted by atomic mass is 16.4. The summed E-state index contributed by atoms with van der Waals surface area (Å²) in [6.07, 6.45) is 5.71. The van der Waals surface area contributed by atoms with Crippen molar-refractivity contribution in [1.29, 1.82) is 0 Å². The van der Waals surface area contributed by atoms with Crippen molar-refractivity contribution < 1.29 is 14.7 Å². The van der Waals surface area contributed by atoms with E-state index in [0.717, 1.165) is 12.8 Å². The fourth-order valence-corrected chi connectivity index (χ4v) is 4.39. The van der Waals surface area contributed by atoms with E-state index in [2.05, 4.69) is 12.1 Å². The van der Waals surface area contributed by atoms with Crippen LogP contribution in [-0.4, -0.2) is 28.4 Å². The second kappa shape index (κ2) is 4.97. The summed E-state index contributed by atoms with van der Waals surface area (Å²) in [6.45, 7) is 1.30. The summed E-state index contributed by atoms with van der Waals surface area (Å²) >= 11 is 0. The summed E-state index contributed by atoms with van der Waals surface area (Å²) in [5.41, 5.74) is 2.49. The molecular weight excluding hydrogens is 278 g/mol.